The zero-order chi connectivity index (χ0) is 31.4. The molecule has 8 rings (SSSR count). The standard InChI is InChI=1S/C46H33N/c1-3-11-34(12-4-1)40-15-9-16-41(33-40)37-27-31-44(32-28-37)47(42-17-5-2-6-18-42)43-29-25-36(26-30-43)35-21-23-39(24-22-35)46-20-10-14-38-13-7-8-19-45(38)46/h1-33H. The topological polar surface area (TPSA) is 3.24 Å². The van der Waals surface area contributed by atoms with E-state index in [0.29, 0.717) is 0 Å². The lowest BCUT2D eigenvalue weighted by Gasteiger charge is -2.26. The molecular formula is C46H33N. The number of hydrogen-bond acceptors (Lipinski definition) is 1. The van der Waals surface area contributed by atoms with Crippen molar-refractivity contribution in [1.82, 2.24) is 0 Å². The highest BCUT2D eigenvalue weighted by Crippen LogP contribution is 2.37. The van der Waals surface area contributed by atoms with E-state index in [1.54, 1.807) is 0 Å². The van der Waals surface area contributed by atoms with Gasteiger partial charge in [-0.25, -0.2) is 0 Å². The summed E-state index contributed by atoms with van der Waals surface area (Å²) in [6.45, 7) is 0. The molecule has 0 heterocycles. The number of rotatable bonds is 7. The molecule has 8 aromatic rings. The van der Waals surface area contributed by atoms with Crippen LogP contribution in [0.4, 0.5) is 17.1 Å². The maximum absolute atomic E-state index is 2.32. The van der Waals surface area contributed by atoms with E-state index >= 15 is 0 Å². The van der Waals surface area contributed by atoms with Gasteiger partial charge in [-0.05, 0) is 97.7 Å². The molecule has 0 unspecified atom stereocenters. The summed E-state index contributed by atoms with van der Waals surface area (Å²) in [6.07, 6.45) is 0. The van der Waals surface area contributed by atoms with Gasteiger partial charge in [0.1, 0.15) is 0 Å². The lowest BCUT2D eigenvalue weighted by atomic mass is 9.96. The highest BCUT2D eigenvalue weighted by atomic mass is 15.1. The van der Waals surface area contributed by atoms with Crippen molar-refractivity contribution in [3.05, 3.63) is 200 Å². The molecule has 0 aromatic heterocycles. The average Bonchev–Trinajstić information content (AvgIpc) is 3.16. The molecule has 1 nitrogen and oxygen atoms in total. The molecule has 0 aliphatic carbocycles. The second-order valence-electron chi connectivity index (χ2n) is 11.8. The van der Waals surface area contributed by atoms with Gasteiger partial charge in [0.05, 0.1) is 0 Å². The van der Waals surface area contributed by atoms with Crippen molar-refractivity contribution >= 4 is 27.8 Å². The maximum Gasteiger partial charge on any atom is 0.0462 e. The minimum atomic E-state index is 1.12. The summed E-state index contributed by atoms with van der Waals surface area (Å²) in [5.74, 6) is 0. The molecule has 0 N–H and O–H groups in total. The van der Waals surface area contributed by atoms with Gasteiger partial charge in [0.2, 0.25) is 0 Å². The van der Waals surface area contributed by atoms with Crippen LogP contribution in [-0.4, -0.2) is 0 Å². The lowest BCUT2D eigenvalue weighted by Crippen LogP contribution is -2.09. The van der Waals surface area contributed by atoms with Crippen LogP contribution in [0, 0.1) is 0 Å². The third-order valence-electron chi connectivity index (χ3n) is 8.89. The Labute approximate surface area is 276 Å². The van der Waals surface area contributed by atoms with Gasteiger partial charge in [0.15, 0.2) is 0 Å². The van der Waals surface area contributed by atoms with Crippen molar-refractivity contribution in [2.75, 3.05) is 4.90 Å². The molecule has 8 aromatic carbocycles. The molecule has 0 fully saturated rings. The number of fused-ring (bicyclic) bond motifs is 1. The first-order valence-electron chi connectivity index (χ1n) is 16.1. The molecule has 222 valence electrons. The SMILES string of the molecule is c1ccc(-c2cccc(-c3ccc(N(c4ccccc4)c4ccc(-c5ccc(-c6cccc7ccccc67)cc5)cc4)cc3)c2)cc1. The predicted octanol–water partition coefficient (Wildman–Crippen LogP) is 13.0. The van der Waals surface area contributed by atoms with Gasteiger partial charge >= 0.3 is 0 Å². The Balaban J connectivity index is 1.08. The average molecular weight is 600 g/mol. The third kappa shape index (κ3) is 5.83. The highest BCUT2D eigenvalue weighted by Gasteiger charge is 2.13. The number of nitrogens with zero attached hydrogens (tertiary/aromatic N) is 1. The van der Waals surface area contributed by atoms with E-state index in [-0.39, 0.29) is 0 Å². The molecule has 47 heavy (non-hydrogen) atoms. The van der Waals surface area contributed by atoms with Crippen molar-refractivity contribution in [2.45, 2.75) is 0 Å². The molecule has 0 saturated carbocycles. The fraction of sp³-hybridized carbons (Fsp3) is 0. The van der Waals surface area contributed by atoms with Crippen LogP contribution in [0.3, 0.4) is 0 Å². The van der Waals surface area contributed by atoms with Crippen LogP contribution in [0.2, 0.25) is 0 Å². The van der Waals surface area contributed by atoms with Crippen LogP contribution >= 0.6 is 0 Å². The van der Waals surface area contributed by atoms with Crippen LogP contribution in [-0.2, 0) is 0 Å². The Morgan fingerprint density at radius 1 is 0.255 bits per heavy atom. The summed E-state index contributed by atoms with van der Waals surface area (Å²) >= 11 is 0. The minimum absolute atomic E-state index is 1.12. The second kappa shape index (κ2) is 12.7. The predicted molar refractivity (Wildman–Crippen MR) is 200 cm³/mol. The van der Waals surface area contributed by atoms with Crippen molar-refractivity contribution in [2.24, 2.45) is 0 Å². The van der Waals surface area contributed by atoms with Crippen molar-refractivity contribution in [1.29, 1.82) is 0 Å². The molecule has 0 amide bonds. The fourth-order valence-corrected chi connectivity index (χ4v) is 6.46. The van der Waals surface area contributed by atoms with Crippen LogP contribution in [0.1, 0.15) is 0 Å². The smallest absolute Gasteiger partial charge is 0.0462 e. The molecule has 0 aliphatic rings. The van der Waals surface area contributed by atoms with Crippen LogP contribution in [0.5, 0.6) is 0 Å². The first-order chi connectivity index (χ1) is 23.3. The fourth-order valence-electron chi connectivity index (χ4n) is 6.46. The number of para-hydroxylation sites is 1. The van der Waals surface area contributed by atoms with Crippen LogP contribution in [0.25, 0.3) is 55.3 Å². The molecule has 0 bridgehead atoms. The van der Waals surface area contributed by atoms with Gasteiger partial charge in [0, 0.05) is 17.1 Å². The largest absolute Gasteiger partial charge is 0.311 e. The van der Waals surface area contributed by atoms with Crippen molar-refractivity contribution in [3.8, 4) is 44.5 Å². The van der Waals surface area contributed by atoms with E-state index in [4.69, 9.17) is 0 Å². The van der Waals surface area contributed by atoms with E-state index < -0.39 is 0 Å². The van der Waals surface area contributed by atoms with Gasteiger partial charge in [-0.2, -0.15) is 0 Å². The Kier molecular flexibility index (Phi) is 7.63. The van der Waals surface area contributed by atoms with Gasteiger partial charge < -0.3 is 4.90 Å². The third-order valence-corrected chi connectivity index (χ3v) is 8.89. The normalized spacial score (nSPS) is 11.0. The Morgan fingerprint density at radius 3 is 1.30 bits per heavy atom. The van der Waals surface area contributed by atoms with Crippen LogP contribution < -0.4 is 4.90 Å². The summed E-state index contributed by atoms with van der Waals surface area (Å²) in [4.78, 5) is 2.32. The van der Waals surface area contributed by atoms with Crippen molar-refractivity contribution < 1.29 is 0 Å². The molecule has 0 atom stereocenters. The first-order valence-corrected chi connectivity index (χ1v) is 16.1. The van der Waals surface area contributed by atoms with Gasteiger partial charge in [0.25, 0.3) is 0 Å². The summed E-state index contributed by atoms with van der Waals surface area (Å²) in [7, 11) is 0. The maximum atomic E-state index is 2.32. The van der Waals surface area contributed by atoms with Crippen LogP contribution in [0.15, 0.2) is 200 Å². The Bertz CT molecular complexity index is 2250. The Hall–Kier alpha value is -6.18. The monoisotopic (exact) mass is 599 g/mol. The van der Waals surface area contributed by atoms with Gasteiger partial charge in [-0.1, -0.05) is 158 Å². The lowest BCUT2D eigenvalue weighted by molar-refractivity contribution is 1.28. The summed E-state index contributed by atoms with van der Waals surface area (Å²) in [6, 6.07) is 71.7. The van der Waals surface area contributed by atoms with Gasteiger partial charge in [-0.15, -0.1) is 0 Å². The number of benzene rings is 8. The minimum Gasteiger partial charge on any atom is -0.311 e. The quantitative estimate of drug-likeness (QED) is 0.176. The summed E-state index contributed by atoms with van der Waals surface area (Å²) in [5.41, 5.74) is 13.1. The first kappa shape index (κ1) is 28.3. The second-order valence-corrected chi connectivity index (χ2v) is 11.8. The highest BCUT2D eigenvalue weighted by molar-refractivity contribution is 5.97. The Morgan fingerprint density at radius 2 is 0.660 bits per heavy atom. The molecule has 0 spiro atoms. The zero-order valence-electron chi connectivity index (χ0n) is 26.0. The summed E-state index contributed by atoms with van der Waals surface area (Å²) in [5, 5.41) is 2.54. The van der Waals surface area contributed by atoms with E-state index in [0.717, 1.165) is 17.1 Å². The molecule has 1 heteroatoms. The molecular weight excluding hydrogens is 567 g/mol. The van der Waals surface area contributed by atoms with E-state index in [2.05, 4.69) is 205 Å². The number of hydrogen-bond donors (Lipinski definition) is 0. The van der Waals surface area contributed by atoms with E-state index in [9.17, 15) is 0 Å². The van der Waals surface area contributed by atoms with Gasteiger partial charge in [-0.3, -0.25) is 0 Å². The molecule has 0 aliphatic heterocycles. The molecule has 0 radical (unpaired) electrons. The molecule has 0 saturated heterocycles. The number of anilines is 3. The van der Waals surface area contributed by atoms with E-state index in [1.165, 1.54) is 55.3 Å². The van der Waals surface area contributed by atoms with Crippen molar-refractivity contribution in [3.63, 3.8) is 0 Å². The zero-order valence-corrected chi connectivity index (χ0v) is 26.0. The summed E-state index contributed by atoms with van der Waals surface area (Å²) < 4.78 is 0. The van der Waals surface area contributed by atoms with E-state index in [1.807, 2.05) is 0 Å².